The first-order valence-corrected chi connectivity index (χ1v) is 7.04. The van der Waals surface area contributed by atoms with E-state index in [0.29, 0.717) is 6.54 Å². The molecule has 4 heteroatoms. The Morgan fingerprint density at radius 1 is 1.53 bits per heavy atom. The lowest BCUT2D eigenvalue weighted by Crippen LogP contribution is -2.39. The average Bonchev–Trinajstić information content (AvgIpc) is 2.79. The summed E-state index contributed by atoms with van der Waals surface area (Å²) in [4.78, 5) is 16.3. The SMILES string of the molecule is CC(CN)N(C)C(=O)c1cc2c(s1)CCCC2. The van der Waals surface area contributed by atoms with Gasteiger partial charge in [0.05, 0.1) is 4.88 Å². The number of carbonyl (C=O) groups is 1. The fourth-order valence-corrected chi connectivity index (χ4v) is 3.36. The van der Waals surface area contributed by atoms with Crippen molar-refractivity contribution in [3.63, 3.8) is 0 Å². The second-order valence-electron chi connectivity index (χ2n) is 4.77. The van der Waals surface area contributed by atoms with Crippen LogP contribution in [0.1, 0.15) is 39.9 Å². The zero-order valence-corrected chi connectivity index (χ0v) is 11.3. The second kappa shape index (κ2) is 5.19. The molecule has 1 heterocycles. The first-order valence-electron chi connectivity index (χ1n) is 6.22. The molecular formula is C13H20N2OS. The Hall–Kier alpha value is -0.870. The van der Waals surface area contributed by atoms with Crippen molar-refractivity contribution in [2.75, 3.05) is 13.6 Å². The van der Waals surface area contributed by atoms with Crippen molar-refractivity contribution in [1.82, 2.24) is 4.90 Å². The number of hydrogen-bond donors (Lipinski definition) is 1. The number of likely N-dealkylation sites (N-methyl/N-ethyl adjacent to an activating group) is 1. The third-order valence-corrected chi connectivity index (χ3v) is 4.76. The molecule has 2 N–H and O–H groups in total. The summed E-state index contributed by atoms with van der Waals surface area (Å²) in [5.74, 6) is 0.113. The van der Waals surface area contributed by atoms with Crippen molar-refractivity contribution in [2.24, 2.45) is 5.73 Å². The molecule has 1 unspecified atom stereocenters. The number of nitrogens with two attached hydrogens (primary N) is 1. The number of thiophene rings is 1. The maximum Gasteiger partial charge on any atom is 0.263 e. The minimum absolute atomic E-state index is 0.0987. The van der Waals surface area contributed by atoms with Crippen LogP contribution < -0.4 is 5.73 Å². The number of fused-ring (bicyclic) bond motifs is 1. The van der Waals surface area contributed by atoms with E-state index in [1.807, 2.05) is 14.0 Å². The van der Waals surface area contributed by atoms with Crippen LogP contribution in [0.2, 0.25) is 0 Å². The van der Waals surface area contributed by atoms with Gasteiger partial charge in [-0.25, -0.2) is 0 Å². The van der Waals surface area contributed by atoms with Crippen LogP contribution in [0.5, 0.6) is 0 Å². The summed E-state index contributed by atoms with van der Waals surface area (Å²) in [7, 11) is 1.83. The minimum Gasteiger partial charge on any atom is -0.337 e. The molecule has 0 aliphatic heterocycles. The molecule has 0 saturated carbocycles. The highest BCUT2D eigenvalue weighted by Crippen LogP contribution is 2.30. The third kappa shape index (κ3) is 2.53. The van der Waals surface area contributed by atoms with Gasteiger partial charge in [0, 0.05) is 24.5 Å². The van der Waals surface area contributed by atoms with Crippen molar-refractivity contribution in [1.29, 1.82) is 0 Å². The zero-order chi connectivity index (χ0) is 12.4. The summed E-state index contributed by atoms with van der Waals surface area (Å²) in [6, 6.07) is 2.18. The van der Waals surface area contributed by atoms with Crippen molar-refractivity contribution >= 4 is 17.2 Å². The van der Waals surface area contributed by atoms with Crippen LogP contribution in [-0.2, 0) is 12.8 Å². The first kappa shape index (κ1) is 12.6. The summed E-state index contributed by atoms with van der Waals surface area (Å²) >= 11 is 1.67. The van der Waals surface area contributed by atoms with E-state index in [0.717, 1.165) is 17.7 Å². The van der Waals surface area contributed by atoms with Gasteiger partial charge in [0.2, 0.25) is 0 Å². The first-order chi connectivity index (χ1) is 8.13. The average molecular weight is 252 g/mol. The summed E-state index contributed by atoms with van der Waals surface area (Å²) in [5, 5.41) is 0. The van der Waals surface area contributed by atoms with Crippen molar-refractivity contribution in [2.45, 2.75) is 38.6 Å². The van der Waals surface area contributed by atoms with Gasteiger partial charge in [-0.2, -0.15) is 0 Å². The molecule has 0 saturated heterocycles. The maximum atomic E-state index is 12.2. The molecular weight excluding hydrogens is 232 g/mol. The molecule has 0 fully saturated rings. The number of aryl methyl sites for hydroxylation is 2. The molecule has 1 aromatic rings. The van der Waals surface area contributed by atoms with Crippen LogP contribution >= 0.6 is 11.3 Å². The molecule has 0 spiro atoms. The second-order valence-corrected chi connectivity index (χ2v) is 5.90. The van der Waals surface area contributed by atoms with Gasteiger partial charge in [-0.1, -0.05) is 0 Å². The van der Waals surface area contributed by atoms with E-state index >= 15 is 0 Å². The maximum absolute atomic E-state index is 12.2. The molecule has 1 atom stereocenters. The van der Waals surface area contributed by atoms with Gasteiger partial charge in [0.1, 0.15) is 0 Å². The number of carbonyl (C=O) groups excluding carboxylic acids is 1. The van der Waals surface area contributed by atoms with Crippen molar-refractivity contribution in [3.05, 3.63) is 21.4 Å². The van der Waals surface area contributed by atoms with Crippen molar-refractivity contribution in [3.8, 4) is 0 Å². The Kier molecular flexibility index (Phi) is 3.84. The molecule has 0 radical (unpaired) electrons. The van der Waals surface area contributed by atoms with E-state index in [-0.39, 0.29) is 11.9 Å². The molecule has 2 rings (SSSR count). The lowest BCUT2D eigenvalue weighted by atomic mass is 9.99. The molecule has 1 aromatic heterocycles. The summed E-state index contributed by atoms with van der Waals surface area (Å²) < 4.78 is 0. The molecule has 0 bridgehead atoms. The number of nitrogens with zero attached hydrogens (tertiary/aromatic N) is 1. The Morgan fingerprint density at radius 2 is 2.24 bits per heavy atom. The number of rotatable bonds is 3. The van der Waals surface area contributed by atoms with E-state index in [1.54, 1.807) is 16.2 Å². The Balaban J connectivity index is 2.17. The van der Waals surface area contributed by atoms with Gasteiger partial charge >= 0.3 is 0 Å². The van der Waals surface area contributed by atoms with Gasteiger partial charge in [-0.15, -0.1) is 11.3 Å². The predicted molar refractivity (Wildman–Crippen MR) is 71.6 cm³/mol. The number of amides is 1. The highest BCUT2D eigenvalue weighted by molar-refractivity contribution is 7.14. The topological polar surface area (TPSA) is 46.3 Å². The lowest BCUT2D eigenvalue weighted by Gasteiger charge is -2.22. The predicted octanol–water partition coefficient (Wildman–Crippen LogP) is 2.05. The van der Waals surface area contributed by atoms with E-state index in [4.69, 9.17) is 5.73 Å². The minimum atomic E-state index is 0.0987. The molecule has 1 aliphatic carbocycles. The van der Waals surface area contributed by atoms with Gasteiger partial charge in [-0.05, 0) is 44.2 Å². The van der Waals surface area contributed by atoms with Crippen LogP contribution in [0.4, 0.5) is 0 Å². The smallest absolute Gasteiger partial charge is 0.263 e. The molecule has 17 heavy (non-hydrogen) atoms. The van der Waals surface area contributed by atoms with Gasteiger partial charge in [0.25, 0.3) is 5.91 Å². The van der Waals surface area contributed by atoms with Gasteiger partial charge < -0.3 is 10.6 Å². The molecule has 94 valence electrons. The Labute approximate surface area is 107 Å². The number of hydrogen-bond acceptors (Lipinski definition) is 3. The van der Waals surface area contributed by atoms with Crippen LogP contribution in [0.25, 0.3) is 0 Å². The largest absolute Gasteiger partial charge is 0.337 e. The summed E-state index contributed by atoms with van der Waals surface area (Å²) in [6.07, 6.45) is 4.79. The highest BCUT2D eigenvalue weighted by Gasteiger charge is 2.21. The van der Waals surface area contributed by atoms with Crippen LogP contribution in [0.15, 0.2) is 6.07 Å². The van der Waals surface area contributed by atoms with E-state index in [9.17, 15) is 4.79 Å². The molecule has 3 nitrogen and oxygen atoms in total. The van der Waals surface area contributed by atoms with Crippen LogP contribution in [-0.4, -0.2) is 30.4 Å². The standard InChI is InChI=1S/C13H20N2OS/c1-9(8-14)15(2)13(16)12-7-10-5-3-4-6-11(10)17-12/h7,9H,3-6,8,14H2,1-2H3. The molecule has 1 amide bonds. The van der Waals surface area contributed by atoms with Crippen molar-refractivity contribution < 1.29 is 4.79 Å². The van der Waals surface area contributed by atoms with Crippen LogP contribution in [0, 0.1) is 0 Å². The summed E-state index contributed by atoms with van der Waals surface area (Å²) in [6.45, 7) is 2.48. The fourth-order valence-electron chi connectivity index (χ4n) is 2.13. The summed E-state index contributed by atoms with van der Waals surface area (Å²) in [5.41, 5.74) is 6.98. The lowest BCUT2D eigenvalue weighted by molar-refractivity contribution is 0.0753. The van der Waals surface area contributed by atoms with Gasteiger partial charge in [0.15, 0.2) is 0 Å². The third-order valence-electron chi connectivity index (χ3n) is 3.53. The van der Waals surface area contributed by atoms with E-state index < -0.39 is 0 Å². The van der Waals surface area contributed by atoms with E-state index in [1.165, 1.54) is 23.3 Å². The monoisotopic (exact) mass is 252 g/mol. The fraction of sp³-hybridized carbons (Fsp3) is 0.615. The Bertz CT molecular complexity index is 390. The van der Waals surface area contributed by atoms with Gasteiger partial charge in [-0.3, -0.25) is 4.79 Å². The zero-order valence-electron chi connectivity index (χ0n) is 10.5. The van der Waals surface area contributed by atoms with Crippen LogP contribution in [0.3, 0.4) is 0 Å². The quantitative estimate of drug-likeness (QED) is 0.895. The molecule has 1 aliphatic rings. The molecule has 0 aromatic carbocycles. The Morgan fingerprint density at radius 3 is 2.88 bits per heavy atom. The highest BCUT2D eigenvalue weighted by atomic mass is 32.1. The normalized spacial score (nSPS) is 16.4. The van der Waals surface area contributed by atoms with E-state index in [2.05, 4.69) is 6.07 Å².